The minimum Gasteiger partial charge on any atom is -0.455 e. The zero-order valence-corrected chi connectivity index (χ0v) is 20.4. The van der Waals surface area contributed by atoms with Crippen LogP contribution in [0.3, 0.4) is 0 Å². The van der Waals surface area contributed by atoms with Crippen molar-refractivity contribution >= 4 is 34.6 Å². The van der Waals surface area contributed by atoms with E-state index in [1.54, 1.807) is 36.4 Å². The topological polar surface area (TPSA) is 70.5 Å². The standard InChI is InChI=1S/C28H28Cl2N2O2/c29-19-1-5-23(31)26(12-19)33-21-3-4-22(25(14-21)34-27-13-20(30)2-6-24(27)32)28-17-8-15-7-16(10-17)11-18(28)9-15/h1-6,12-18,28H,7-11,31-32H2. The minimum atomic E-state index is 0.494. The van der Waals surface area contributed by atoms with Crippen LogP contribution < -0.4 is 20.9 Å². The number of hydrogen-bond donors (Lipinski definition) is 2. The van der Waals surface area contributed by atoms with Crippen LogP contribution in [0.2, 0.25) is 10.0 Å². The maximum atomic E-state index is 6.46. The second-order valence-electron chi connectivity index (χ2n) is 10.2. The number of nitrogen functional groups attached to an aromatic ring is 2. The zero-order chi connectivity index (χ0) is 23.4. The Morgan fingerprint density at radius 3 is 1.76 bits per heavy atom. The van der Waals surface area contributed by atoms with E-state index in [0.717, 1.165) is 17.6 Å². The molecule has 0 amide bonds. The van der Waals surface area contributed by atoms with Crippen molar-refractivity contribution in [3.63, 3.8) is 0 Å². The summed E-state index contributed by atoms with van der Waals surface area (Å²) < 4.78 is 12.6. The van der Waals surface area contributed by atoms with Crippen molar-refractivity contribution < 1.29 is 9.47 Å². The summed E-state index contributed by atoms with van der Waals surface area (Å²) in [6.45, 7) is 0. The lowest BCUT2D eigenvalue weighted by atomic mass is 9.50. The molecule has 0 heterocycles. The lowest BCUT2D eigenvalue weighted by Gasteiger charge is -2.54. The van der Waals surface area contributed by atoms with Crippen LogP contribution in [0, 0.1) is 23.7 Å². The molecule has 4 aliphatic rings. The maximum absolute atomic E-state index is 6.46. The van der Waals surface area contributed by atoms with Gasteiger partial charge in [0.15, 0.2) is 11.5 Å². The maximum Gasteiger partial charge on any atom is 0.151 e. The Kier molecular flexibility index (Phi) is 5.54. The Bertz CT molecular complexity index is 1220. The first kappa shape index (κ1) is 21.9. The Labute approximate surface area is 210 Å². The summed E-state index contributed by atoms with van der Waals surface area (Å²) in [5, 5.41) is 1.15. The minimum absolute atomic E-state index is 0.494. The molecule has 3 aromatic rings. The van der Waals surface area contributed by atoms with Crippen molar-refractivity contribution in [1.29, 1.82) is 0 Å². The van der Waals surface area contributed by atoms with Gasteiger partial charge >= 0.3 is 0 Å². The molecule has 4 nitrogen and oxygen atoms in total. The molecule has 3 aromatic carbocycles. The summed E-state index contributed by atoms with van der Waals surface area (Å²) in [5.41, 5.74) is 14.7. The molecule has 0 aliphatic heterocycles. The highest BCUT2D eigenvalue weighted by molar-refractivity contribution is 6.31. The normalized spacial score (nSPS) is 27.1. The highest BCUT2D eigenvalue weighted by Gasteiger charge is 2.49. The second-order valence-corrected chi connectivity index (χ2v) is 11.1. The Balaban J connectivity index is 1.39. The van der Waals surface area contributed by atoms with Gasteiger partial charge < -0.3 is 20.9 Å². The van der Waals surface area contributed by atoms with Crippen LogP contribution in [0.15, 0.2) is 54.6 Å². The Hall–Kier alpha value is -2.56. The van der Waals surface area contributed by atoms with Gasteiger partial charge in [0, 0.05) is 28.2 Å². The van der Waals surface area contributed by atoms with E-state index in [2.05, 4.69) is 6.07 Å². The molecule has 0 aromatic heterocycles. The van der Waals surface area contributed by atoms with Crippen molar-refractivity contribution in [3.05, 3.63) is 70.2 Å². The highest BCUT2D eigenvalue weighted by atomic mass is 35.5. The third-order valence-electron chi connectivity index (χ3n) is 7.97. The van der Waals surface area contributed by atoms with Crippen molar-refractivity contribution in [2.75, 3.05) is 11.5 Å². The van der Waals surface area contributed by atoms with Crippen LogP contribution in [-0.2, 0) is 0 Å². The van der Waals surface area contributed by atoms with E-state index >= 15 is 0 Å². The molecule has 0 unspecified atom stereocenters. The average molecular weight is 495 g/mol. The Morgan fingerprint density at radius 1 is 0.618 bits per heavy atom. The fourth-order valence-corrected chi connectivity index (χ4v) is 7.14. The van der Waals surface area contributed by atoms with E-state index < -0.39 is 0 Å². The number of anilines is 2. The first-order valence-corrected chi connectivity index (χ1v) is 12.8. The summed E-state index contributed by atoms with van der Waals surface area (Å²) in [4.78, 5) is 0. The van der Waals surface area contributed by atoms with Gasteiger partial charge in [0.05, 0.1) is 11.4 Å². The molecule has 6 heteroatoms. The van der Waals surface area contributed by atoms with Gasteiger partial charge in [0.25, 0.3) is 0 Å². The van der Waals surface area contributed by atoms with E-state index in [1.807, 2.05) is 12.1 Å². The molecule has 0 spiro atoms. The lowest BCUT2D eigenvalue weighted by Crippen LogP contribution is -2.43. The van der Waals surface area contributed by atoms with Gasteiger partial charge in [-0.1, -0.05) is 29.3 Å². The summed E-state index contributed by atoms with van der Waals surface area (Å²) in [7, 11) is 0. The molecule has 7 rings (SSSR count). The summed E-state index contributed by atoms with van der Waals surface area (Å²) in [6.07, 6.45) is 6.73. The van der Waals surface area contributed by atoms with Crippen LogP contribution in [0.5, 0.6) is 23.0 Å². The molecule has 0 saturated heterocycles. The number of rotatable bonds is 5. The molecule has 4 bridgehead atoms. The molecule has 4 aliphatic carbocycles. The quantitative estimate of drug-likeness (QED) is 0.350. The number of nitrogens with two attached hydrogens (primary N) is 2. The third-order valence-corrected chi connectivity index (χ3v) is 8.44. The second kappa shape index (κ2) is 8.58. The first-order chi connectivity index (χ1) is 16.4. The predicted octanol–water partition coefficient (Wildman–Crippen LogP) is 8.28. The van der Waals surface area contributed by atoms with E-state index in [0.29, 0.717) is 56.4 Å². The number of ether oxygens (including phenoxy) is 2. The monoisotopic (exact) mass is 494 g/mol. The van der Waals surface area contributed by atoms with Gasteiger partial charge in [-0.3, -0.25) is 0 Å². The molecule has 4 fully saturated rings. The average Bonchev–Trinajstić information content (AvgIpc) is 2.79. The van der Waals surface area contributed by atoms with E-state index in [9.17, 15) is 0 Å². The van der Waals surface area contributed by atoms with Crippen molar-refractivity contribution in [2.45, 2.75) is 38.0 Å². The summed E-state index contributed by atoms with van der Waals surface area (Å²) in [6, 6.07) is 16.6. The number of halogens is 2. The van der Waals surface area contributed by atoms with Gasteiger partial charge in [0.2, 0.25) is 0 Å². The largest absolute Gasteiger partial charge is 0.455 e. The van der Waals surface area contributed by atoms with Crippen molar-refractivity contribution in [2.24, 2.45) is 23.7 Å². The SMILES string of the molecule is Nc1ccc(Cl)cc1Oc1ccc(C2C3CC4CC(C3)CC2C4)c(Oc2cc(Cl)ccc2N)c1. The van der Waals surface area contributed by atoms with Gasteiger partial charge in [-0.15, -0.1) is 0 Å². The molecular formula is C28H28Cl2N2O2. The molecule has 4 N–H and O–H groups in total. The van der Waals surface area contributed by atoms with Crippen LogP contribution in [0.4, 0.5) is 11.4 Å². The molecule has 34 heavy (non-hydrogen) atoms. The highest BCUT2D eigenvalue weighted by Crippen LogP contribution is 2.61. The molecular weight excluding hydrogens is 467 g/mol. The van der Waals surface area contributed by atoms with Gasteiger partial charge in [-0.05, 0) is 97.6 Å². The summed E-state index contributed by atoms with van der Waals surface area (Å²) in [5.74, 6) is 6.20. The Morgan fingerprint density at radius 2 is 1.18 bits per heavy atom. The van der Waals surface area contributed by atoms with Crippen LogP contribution in [0.25, 0.3) is 0 Å². The number of benzene rings is 3. The van der Waals surface area contributed by atoms with Gasteiger partial charge in [0.1, 0.15) is 11.5 Å². The van der Waals surface area contributed by atoms with Crippen LogP contribution in [0.1, 0.15) is 43.6 Å². The van der Waals surface area contributed by atoms with E-state index in [-0.39, 0.29) is 0 Å². The molecule has 0 radical (unpaired) electrons. The smallest absolute Gasteiger partial charge is 0.151 e. The molecule has 4 saturated carbocycles. The predicted molar refractivity (Wildman–Crippen MR) is 138 cm³/mol. The van der Waals surface area contributed by atoms with Crippen molar-refractivity contribution in [1.82, 2.24) is 0 Å². The molecule has 0 atom stereocenters. The van der Waals surface area contributed by atoms with E-state index in [1.165, 1.54) is 37.7 Å². The fraction of sp³-hybridized carbons (Fsp3) is 0.357. The fourth-order valence-electron chi connectivity index (χ4n) is 6.81. The van der Waals surface area contributed by atoms with Crippen LogP contribution in [-0.4, -0.2) is 0 Å². The van der Waals surface area contributed by atoms with Crippen LogP contribution >= 0.6 is 23.2 Å². The number of hydrogen-bond acceptors (Lipinski definition) is 4. The lowest BCUT2D eigenvalue weighted by molar-refractivity contribution is -0.00336. The van der Waals surface area contributed by atoms with Gasteiger partial charge in [-0.25, -0.2) is 0 Å². The first-order valence-electron chi connectivity index (χ1n) is 12.0. The summed E-state index contributed by atoms with van der Waals surface area (Å²) >= 11 is 12.4. The molecule has 176 valence electrons. The van der Waals surface area contributed by atoms with E-state index in [4.69, 9.17) is 44.1 Å². The van der Waals surface area contributed by atoms with Gasteiger partial charge in [-0.2, -0.15) is 0 Å². The van der Waals surface area contributed by atoms with Crippen molar-refractivity contribution in [3.8, 4) is 23.0 Å². The zero-order valence-electron chi connectivity index (χ0n) is 18.8. The third kappa shape index (κ3) is 4.08.